The number of aromatic nitrogens is 6. The Bertz CT molecular complexity index is 2510. The number of likely N-dealkylation sites (tertiary alicyclic amines) is 2. The standard InChI is InChI=1S/C46H50N10O6/c1-29(53(2)46(60)61)43(57)55-21-7-11-39(55)41-47-24-37(50-41)33-17-13-31(14-18-33)32-15-19-34(20-16-32)38-25-48-42(51-38)40-12-8-22-56(40)44(58)36(52-45(59)62-3)23-35-27-54(28-49-35)26-30-9-5-4-6-10-30/h4-6,9-10,13-20,24-25,27-29,36,39-40H,7-8,11-12,21-23,26H2,1-3H3,(H,47,50)(H,48,51)(H,52,59)(H,60,61)/t29-,36-,39-,40?/m0/s1. The van der Waals surface area contributed by atoms with E-state index in [2.05, 4.69) is 49.5 Å². The summed E-state index contributed by atoms with van der Waals surface area (Å²) >= 11 is 0. The van der Waals surface area contributed by atoms with Gasteiger partial charge in [-0.3, -0.25) is 14.5 Å². The smallest absolute Gasteiger partial charge is 0.407 e. The van der Waals surface area contributed by atoms with Crippen LogP contribution in [0, 0.1) is 0 Å². The predicted octanol–water partition coefficient (Wildman–Crippen LogP) is 6.67. The van der Waals surface area contributed by atoms with E-state index in [9.17, 15) is 24.3 Å². The van der Waals surface area contributed by atoms with Gasteiger partial charge in [0.1, 0.15) is 23.7 Å². The van der Waals surface area contributed by atoms with E-state index in [0.29, 0.717) is 37.0 Å². The topological polar surface area (TPSA) is 195 Å². The van der Waals surface area contributed by atoms with E-state index >= 15 is 0 Å². The fourth-order valence-corrected chi connectivity index (χ4v) is 8.39. The van der Waals surface area contributed by atoms with Crippen molar-refractivity contribution in [1.29, 1.82) is 0 Å². The molecule has 0 spiro atoms. The van der Waals surface area contributed by atoms with Crippen molar-refractivity contribution >= 4 is 24.0 Å². The number of hydrogen-bond acceptors (Lipinski definition) is 8. The second-order valence-electron chi connectivity index (χ2n) is 15.9. The van der Waals surface area contributed by atoms with Crippen LogP contribution >= 0.6 is 0 Å². The lowest BCUT2D eigenvalue weighted by Crippen LogP contribution is -2.49. The number of nitrogens with one attached hydrogen (secondary N) is 3. The van der Waals surface area contributed by atoms with E-state index in [0.717, 1.165) is 69.8 Å². The van der Waals surface area contributed by atoms with Crippen LogP contribution in [-0.2, 0) is 27.3 Å². The minimum Gasteiger partial charge on any atom is -0.465 e. The highest BCUT2D eigenvalue weighted by Crippen LogP contribution is 2.35. The van der Waals surface area contributed by atoms with Crippen molar-refractivity contribution in [1.82, 2.24) is 49.5 Å². The summed E-state index contributed by atoms with van der Waals surface area (Å²) in [5.74, 6) is 0.913. The summed E-state index contributed by atoms with van der Waals surface area (Å²) in [5.41, 5.74) is 7.44. The molecule has 4 N–H and O–H groups in total. The van der Waals surface area contributed by atoms with Crippen molar-refractivity contribution in [3.05, 3.63) is 127 Å². The van der Waals surface area contributed by atoms with Crippen LogP contribution in [0.25, 0.3) is 33.6 Å². The molecule has 6 aromatic rings. The summed E-state index contributed by atoms with van der Waals surface area (Å²) in [4.78, 5) is 76.5. The van der Waals surface area contributed by atoms with Gasteiger partial charge < -0.3 is 39.5 Å². The van der Waals surface area contributed by atoms with Crippen molar-refractivity contribution in [3.8, 4) is 33.6 Å². The summed E-state index contributed by atoms with van der Waals surface area (Å²) in [6.45, 7) is 3.33. The zero-order valence-electron chi connectivity index (χ0n) is 34.9. The number of amides is 4. The van der Waals surface area contributed by atoms with Crippen LogP contribution < -0.4 is 5.32 Å². The van der Waals surface area contributed by atoms with Gasteiger partial charge in [0.05, 0.1) is 55.0 Å². The largest absolute Gasteiger partial charge is 0.465 e. The molecule has 2 aliphatic heterocycles. The first-order valence-electron chi connectivity index (χ1n) is 20.8. The number of methoxy groups -OCH3 is 1. The van der Waals surface area contributed by atoms with Crippen molar-refractivity contribution in [2.24, 2.45) is 0 Å². The number of aromatic amines is 2. The van der Waals surface area contributed by atoms with Crippen LogP contribution in [0.4, 0.5) is 9.59 Å². The highest BCUT2D eigenvalue weighted by Gasteiger charge is 2.38. The second-order valence-corrected chi connectivity index (χ2v) is 15.9. The highest BCUT2D eigenvalue weighted by molar-refractivity contribution is 5.87. The molecule has 1 unspecified atom stereocenters. The van der Waals surface area contributed by atoms with Crippen LogP contribution in [0.2, 0.25) is 0 Å². The first kappa shape index (κ1) is 41.5. The van der Waals surface area contributed by atoms with Gasteiger partial charge in [-0.2, -0.15) is 0 Å². The number of carboxylic acid groups (broad SMARTS) is 1. The van der Waals surface area contributed by atoms with Crippen LogP contribution in [0.15, 0.2) is 104 Å². The maximum atomic E-state index is 14.1. The zero-order valence-corrected chi connectivity index (χ0v) is 34.9. The maximum Gasteiger partial charge on any atom is 0.407 e. The molecule has 16 heteroatoms. The molecule has 0 aliphatic carbocycles. The summed E-state index contributed by atoms with van der Waals surface area (Å²) < 4.78 is 6.85. The zero-order chi connectivity index (χ0) is 43.3. The molecule has 2 saturated heterocycles. The van der Waals surface area contributed by atoms with Crippen molar-refractivity contribution in [2.75, 3.05) is 27.2 Å². The number of imidazole rings is 3. The molecule has 16 nitrogen and oxygen atoms in total. The van der Waals surface area contributed by atoms with Gasteiger partial charge >= 0.3 is 12.2 Å². The molecule has 62 heavy (non-hydrogen) atoms. The molecule has 2 aliphatic rings. The van der Waals surface area contributed by atoms with Crippen LogP contribution in [0.3, 0.4) is 0 Å². The molecule has 8 rings (SSSR count). The molecule has 2 fully saturated rings. The summed E-state index contributed by atoms with van der Waals surface area (Å²) in [7, 11) is 2.68. The Morgan fingerprint density at radius 1 is 0.790 bits per heavy atom. The molecular weight excluding hydrogens is 789 g/mol. The minimum atomic E-state index is -1.14. The number of rotatable bonds is 13. The first-order valence-corrected chi connectivity index (χ1v) is 20.8. The molecule has 0 bridgehead atoms. The summed E-state index contributed by atoms with van der Waals surface area (Å²) in [6.07, 6.45) is 8.66. The van der Waals surface area contributed by atoms with Crippen molar-refractivity contribution in [2.45, 2.75) is 69.7 Å². The number of hydrogen-bond donors (Lipinski definition) is 4. The molecule has 0 radical (unpaired) electrons. The number of H-pyrrole nitrogens is 2. The second kappa shape index (κ2) is 18.2. The fraction of sp³-hybridized carbons (Fsp3) is 0.326. The average molecular weight is 839 g/mol. The van der Waals surface area contributed by atoms with Crippen LogP contribution in [0.5, 0.6) is 0 Å². The van der Waals surface area contributed by atoms with Gasteiger partial charge in [-0.05, 0) is 60.4 Å². The Hall–Kier alpha value is -7.23. The van der Waals surface area contributed by atoms with Gasteiger partial charge in [-0.1, -0.05) is 78.9 Å². The molecule has 5 heterocycles. The average Bonchev–Trinajstić information content (AvgIpc) is 4.16. The normalized spacial score (nSPS) is 17.1. The van der Waals surface area contributed by atoms with Crippen molar-refractivity contribution in [3.63, 3.8) is 0 Å². The van der Waals surface area contributed by atoms with E-state index in [4.69, 9.17) is 9.72 Å². The molecule has 4 atom stereocenters. The molecule has 3 aromatic carbocycles. The Balaban J connectivity index is 0.907. The highest BCUT2D eigenvalue weighted by atomic mass is 16.5. The Morgan fingerprint density at radius 2 is 1.32 bits per heavy atom. The van der Waals surface area contributed by atoms with Crippen LogP contribution in [0.1, 0.15) is 67.6 Å². The number of ether oxygens (including phenoxy) is 1. The minimum absolute atomic E-state index is 0.209. The summed E-state index contributed by atoms with van der Waals surface area (Å²) in [5, 5.41) is 12.1. The Morgan fingerprint density at radius 3 is 1.85 bits per heavy atom. The van der Waals surface area contributed by atoms with E-state index in [1.54, 1.807) is 35.4 Å². The number of alkyl carbamates (subject to hydrolysis) is 1. The number of benzene rings is 3. The number of likely N-dealkylation sites (N-methyl/N-ethyl adjacent to an activating group) is 1. The van der Waals surface area contributed by atoms with Gasteiger partial charge in [0.15, 0.2) is 0 Å². The summed E-state index contributed by atoms with van der Waals surface area (Å²) in [6, 6.07) is 24.2. The fourth-order valence-electron chi connectivity index (χ4n) is 8.39. The SMILES string of the molecule is COC(=O)N[C@@H](Cc1cn(Cc2ccccc2)cn1)C(=O)N1CCCC1c1ncc(-c2ccc(-c3ccc(-c4cnc([C@@H]5CCCN5C(=O)[C@H](C)N(C)C(=O)O)[nH]4)cc3)cc2)[nH]1. The Labute approximate surface area is 359 Å². The third-order valence-electron chi connectivity index (χ3n) is 11.9. The van der Waals surface area contributed by atoms with Gasteiger partial charge in [0.2, 0.25) is 11.8 Å². The predicted molar refractivity (Wildman–Crippen MR) is 230 cm³/mol. The Kier molecular flexibility index (Phi) is 12.2. The monoisotopic (exact) mass is 838 g/mol. The third kappa shape index (κ3) is 8.94. The maximum absolute atomic E-state index is 14.1. The van der Waals surface area contributed by atoms with E-state index in [1.165, 1.54) is 14.2 Å². The van der Waals surface area contributed by atoms with E-state index in [1.807, 2.05) is 65.4 Å². The number of nitrogens with zero attached hydrogens (tertiary/aromatic N) is 7. The van der Waals surface area contributed by atoms with Gasteiger partial charge in [-0.15, -0.1) is 0 Å². The molecule has 3 aromatic heterocycles. The van der Waals surface area contributed by atoms with Gasteiger partial charge in [0.25, 0.3) is 0 Å². The lowest BCUT2D eigenvalue weighted by atomic mass is 10.0. The molecule has 320 valence electrons. The van der Waals surface area contributed by atoms with E-state index < -0.39 is 24.3 Å². The molecule has 4 amide bonds. The number of carbonyl (C=O) groups excluding carboxylic acids is 3. The van der Waals surface area contributed by atoms with Gasteiger partial charge in [-0.25, -0.2) is 24.5 Å². The van der Waals surface area contributed by atoms with Crippen LogP contribution in [-0.4, -0.2) is 113 Å². The molecular formula is C46H50N10O6. The molecule has 0 saturated carbocycles. The third-order valence-corrected chi connectivity index (χ3v) is 11.9. The van der Waals surface area contributed by atoms with Gasteiger partial charge in [0, 0.05) is 39.3 Å². The quantitative estimate of drug-likeness (QED) is 0.0983. The lowest BCUT2D eigenvalue weighted by molar-refractivity contribution is -0.136. The van der Waals surface area contributed by atoms with E-state index in [-0.39, 0.29) is 30.3 Å². The lowest BCUT2D eigenvalue weighted by Gasteiger charge is -2.29. The number of carbonyl (C=O) groups is 4. The first-order chi connectivity index (χ1) is 30.1. The van der Waals surface area contributed by atoms with Crippen molar-refractivity contribution < 1.29 is 29.0 Å².